The summed E-state index contributed by atoms with van der Waals surface area (Å²) < 4.78 is 7.25. The van der Waals surface area contributed by atoms with Gasteiger partial charge in [0.2, 0.25) is 5.88 Å². The van der Waals surface area contributed by atoms with E-state index in [2.05, 4.69) is 20.4 Å². The van der Waals surface area contributed by atoms with E-state index >= 15 is 0 Å². The van der Waals surface area contributed by atoms with E-state index in [4.69, 9.17) is 4.74 Å². The number of anilines is 1. The summed E-state index contributed by atoms with van der Waals surface area (Å²) in [5.41, 5.74) is 1.96. The number of hydrogen-bond acceptors (Lipinski definition) is 5. The Morgan fingerprint density at radius 2 is 2.13 bits per heavy atom. The number of carbonyl (C=O) groups excluding carboxylic acids is 1. The Kier molecular flexibility index (Phi) is 4.01. The zero-order valence-corrected chi connectivity index (χ0v) is 12.7. The Labute approximate surface area is 133 Å². The molecule has 2 aromatic heterocycles. The summed E-state index contributed by atoms with van der Waals surface area (Å²) in [6.07, 6.45) is 6.18. The number of benzene rings is 1. The Bertz CT molecular complexity index is 829. The summed E-state index contributed by atoms with van der Waals surface area (Å²) in [6.45, 7) is 1.84. The first-order valence-electron chi connectivity index (χ1n) is 6.97. The van der Waals surface area contributed by atoms with Crippen LogP contribution >= 0.6 is 0 Å². The molecule has 0 fully saturated rings. The van der Waals surface area contributed by atoms with E-state index in [1.807, 2.05) is 6.92 Å². The number of nitrogens with one attached hydrogen (secondary N) is 1. The van der Waals surface area contributed by atoms with Gasteiger partial charge in [0.25, 0.3) is 5.91 Å². The maximum absolute atomic E-state index is 12.3. The van der Waals surface area contributed by atoms with Gasteiger partial charge in [0.05, 0.1) is 18.0 Å². The van der Waals surface area contributed by atoms with Crippen molar-refractivity contribution in [3.63, 3.8) is 0 Å². The molecule has 0 aliphatic rings. The Hall–Kier alpha value is -3.22. The zero-order valence-electron chi connectivity index (χ0n) is 12.7. The minimum atomic E-state index is -0.216. The predicted octanol–water partition coefficient (Wildman–Crippen LogP) is 2.56. The van der Waals surface area contributed by atoms with Gasteiger partial charge in [0.15, 0.2) is 0 Å². The molecule has 3 rings (SSSR count). The molecule has 0 saturated heterocycles. The van der Waals surface area contributed by atoms with Crippen molar-refractivity contribution >= 4 is 11.6 Å². The minimum Gasteiger partial charge on any atom is -0.437 e. The molecule has 2 heterocycles. The summed E-state index contributed by atoms with van der Waals surface area (Å²) in [6, 6.07) is 7.07. The third-order valence-electron chi connectivity index (χ3n) is 3.33. The first-order valence-corrected chi connectivity index (χ1v) is 6.97. The van der Waals surface area contributed by atoms with E-state index in [1.165, 1.54) is 6.20 Å². The quantitative estimate of drug-likeness (QED) is 0.801. The van der Waals surface area contributed by atoms with Gasteiger partial charge in [-0.2, -0.15) is 5.10 Å². The van der Waals surface area contributed by atoms with Crippen LogP contribution in [0.25, 0.3) is 0 Å². The van der Waals surface area contributed by atoms with Gasteiger partial charge >= 0.3 is 0 Å². The SMILES string of the molecule is Cc1c(C(=O)Nc2cccc(Oc3cnccn3)c2)cnn1C. The average Bonchev–Trinajstić information content (AvgIpc) is 2.88. The van der Waals surface area contributed by atoms with E-state index in [0.29, 0.717) is 22.9 Å². The van der Waals surface area contributed by atoms with Crippen LogP contribution in [0.15, 0.2) is 49.1 Å². The number of hydrogen-bond donors (Lipinski definition) is 1. The van der Waals surface area contributed by atoms with Crippen LogP contribution in [0.3, 0.4) is 0 Å². The van der Waals surface area contributed by atoms with Gasteiger partial charge in [-0.05, 0) is 19.1 Å². The minimum absolute atomic E-state index is 0.216. The fourth-order valence-corrected chi connectivity index (χ4v) is 2.02. The molecule has 0 aliphatic heterocycles. The smallest absolute Gasteiger partial charge is 0.259 e. The number of amides is 1. The second kappa shape index (κ2) is 6.27. The highest BCUT2D eigenvalue weighted by Crippen LogP contribution is 2.22. The Morgan fingerprint density at radius 3 is 2.83 bits per heavy atom. The standard InChI is InChI=1S/C16H15N5O2/c1-11-14(9-19-21(11)2)16(22)20-12-4-3-5-13(8-12)23-15-10-17-6-7-18-15/h3-10H,1-2H3,(H,20,22). The number of rotatable bonds is 4. The second-order valence-corrected chi connectivity index (χ2v) is 4.89. The third kappa shape index (κ3) is 3.34. The molecule has 0 saturated carbocycles. The first-order chi connectivity index (χ1) is 11.1. The molecule has 0 atom stereocenters. The number of aryl methyl sites for hydroxylation is 1. The van der Waals surface area contributed by atoms with Crippen LogP contribution in [-0.2, 0) is 7.05 Å². The molecule has 0 unspecified atom stereocenters. The van der Waals surface area contributed by atoms with Crippen LogP contribution < -0.4 is 10.1 Å². The lowest BCUT2D eigenvalue weighted by molar-refractivity contribution is 0.102. The van der Waals surface area contributed by atoms with Crippen LogP contribution in [0.4, 0.5) is 5.69 Å². The molecule has 7 heteroatoms. The van der Waals surface area contributed by atoms with Crippen LogP contribution in [0.2, 0.25) is 0 Å². The van der Waals surface area contributed by atoms with Gasteiger partial charge in [-0.15, -0.1) is 0 Å². The lowest BCUT2D eigenvalue weighted by atomic mass is 10.2. The monoisotopic (exact) mass is 309 g/mol. The van der Waals surface area contributed by atoms with Crippen LogP contribution in [0, 0.1) is 6.92 Å². The molecular formula is C16H15N5O2. The Balaban J connectivity index is 1.75. The van der Waals surface area contributed by atoms with Crippen molar-refractivity contribution in [3.05, 3.63) is 60.3 Å². The fourth-order valence-electron chi connectivity index (χ4n) is 2.02. The predicted molar refractivity (Wildman–Crippen MR) is 84.4 cm³/mol. The van der Waals surface area contributed by atoms with Crippen molar-refractivity contribution in [2.45, 2.75) is 6.92 Å². The highest BCUT2D eigenvalue weighted by Gasteiger charge is 2.13. The van der Waals surface area contributed by atoms with Gasteiger partial charge in [0, 0.05) is 36.9 Å². The van der Waals surface area contributed by atoms with Crippen molar-refractivity contribution in [1.82, 2.24) is 19.7 Å². The first kappa shape index (κ1) is 14.7. The average molecular weight is 309 g/mol. The molecule has 23 heavy (non-hydrogen) atoms. The highest BCUT2D eigenvalue weighted by atomic mass is 16.5. The summed E-state index contributed by atoms with van der Waals surface area (Å²) in [5, 5.41) is 6.90. The van der Waals surface area contributed by atoms with Crippen LogP contribution in [-0.4, -0.2) is 25.7 Å². The van der Waals surface area contributed by atoms with Gasteiger partial charge < -0.3 is 10.1 Å². The normalized spacial score (nSPS) is 10.3. The maximum Gasteiger partial charge on any atom is 0.259 e. The largest absolute Gasteiger partial charge is 0.437 e. The molecule has 0 bridgehead atoms. The van der Waals surface area contributed by atoms with Crippen molar-refractivity contribution in [3.8, 4) is 11.6 Å². The lowest BCUT2D eigenvalue weighted by Gasteiger charge is -2.08. The van der Waals surface area contributed by atoms with E-state index in [1.54, 1.807) is 54.6 Å². The van der Waals surface area contributed by atoms with E-state index in [9.17, 15) is 4.79 Å². The third-order valence-corrected chi connectivity index (χ3v) is 3.33. The van der Waals surface area contributed by atoms with Gasteiger partial charge in [-0.25, -0.2) is 4.98 Å². The maximum atomic E-state index is 12.3. The number of ether oxygens (including phenoxy) is 1. The molecule has 116 valence electrons. The summed E-state index contributed by atoms with van der Waals surface area (Å²) in [5.74, 6) is 0.734. The molecule has 1 N–H and O–H groups in total. The summed E-state index contributed by atoms with van der Waals surface area (Å²) in [7, 11) is 1.79. The lowest BCUT2D eigenvalue weighted by Crippen LogP contribution is -2.12. The van der Waals surface area contributed by atoms with Crippen LogP contribution in [0.5, 0.6) is 11.6 Å². The topological polar surface area (TPSA) is 81.9 Å². The molecule has 3 aromatic rings. The van der Waals surface area contributed by atoms with E-state index < -0.39 is 0 Å². The van der Waals surface area contributed by atoms with Crippen molar-refractivity contribution in [2.24, 2.45) is 7.05 Å². The number of aromatic nitrogens is 4. The van der Waals surface area contributed by atoms with Crippen molar-refractivity contribution in [2.75, 3.05) is 5.32 Å². The fraction of sp³-hybridized carbons (Fsp3) is 0.125. The number of nitrogens with zero attached hydrogens (tertiary/aromatic N) is 4. The molecule has 0 spiro atoms. The van der Waals surface area contributed by atoms with Gasteiger partial charge in [0.1, 0.15) is 5.75 Å². The van der Waals surface area contributed by atoms with Gasteiger partial charge in [-0.3, -0.25) is 14.5 Å². The van der Waals surface area contributed by atoms with E-state index in [0.717, 1.165) is 5.69 Å². The molecule has 0 radical (unpaired) electrons. The van der Waals surface area contributed by atoms with Gasteiger partial charge in [-0.1, -0.05) is 6.07 Å². The Morgan fingerprint density at radius 1 is 1.26 bits per heavy atom. The number of carbonyl (C=O) groups is 1. The van der Waals surface area contributed by atoms with Crippen LogP contribution in [0.1, 0.15) is 16.1 Å². The molecule has 1 aromatic carbocycles. The highest BCUT2D eigenvalue weighted by molar-refractivity contribution is 6.04. The van der Waals surface area contributed by atoms with Crippen molar-refractivity contribution < 1.29 is 9.53 Å². The van der Waals surface area contributed by atoms with Crippen molar-refractivity contribution in [1.29, 1.82) is 0 Å². The summed E-state index contributed by atoms with van der Waals surface area (Å²) >= 11 is 0. The molecule has 7 nitrogen and oxygen atoms in total. The molecule has 0 aliphatic carbocycles. The second-order valence-electron chi connectivity index (χ2n) is 4.89. The zero-order chi connectivity index (χ0) is 16.2. The molecular weight excluding hydrogens is 294 g/mol. The van der Waals surface area contributed by atoms with E-state index in [-0.39, 0.29) is 5.91 Å². The molecule has 1 amide bonds. The summed E-state index contributed by atoms with van der Waals surface area (Å²) in [4.78, 5) is 20.3.